The highest BCUT2D eigenvalue weighted by molar-refractivity contribution is 7.82. The first-order valence-corrected chi connectivity index (χ1v) is 6.93. The zero-order chi connectivity index (χ0) is 14.4. The van der Waals surface area contributed by atoms with E-state index in [0.29, 0.717) is 6.54 Å². The van der Waals surface area contributed by atoms with Gasteiger partial charge in [-0.25, -0.2) is 0 Å². The molecular weight excluding hydrogens is 262 g/mol. The Labute approximate surface area is 125 Å². The van der Waals surface area contributed by atoms with Crippen molar-refractivity contribution < 1.29 is 0 Å². The number of benzene rings is 2. The Bertz CT molecular complexity index is 627. The van der Waals surface area contributed by atoms with Crippen molar-refractivity contribution in [3.05, 3.63) is 78.4 Å². The molecular formula is C18H17NS. The molecule has 0 unspecified atom stereocenters. The molecule has 0 fully saturated rings. The van der Waals surface area contributed by atoms with Crippen LogP contribution in [-0.2, 0) is 0 Å². The van der Waals surface area contributed by atoms with Gasteiger partial charge in [-0.1, -0.05) is 79.5 Å². The number of aliphatic imine (C=N–C) groups is 1. The minimum Gasteiger partial charge on any atom is -0.284 e. The number of nitrogens with zero attached hydrogens (tertiary/aromatic N) is 1. The summed E-state index contributed by atoms with van der Waals surface area (Å²) in [5, 5.41) is 0. The number of hydrogen-bond acceptors (Lipinski definition) is 2. The van der Waals surface area contributed by atoms with E-state index in [1.165, 1.54) is 0 Å². The molecule has 100 valence electrons. The topological polar surface area (TPSA) is 12.4 Å². The lowest BCUT2D eigenvalue weighted by Gasteiger charge is -2.06. The fraction of sp³-hybridized carbons (Fsp3) is 0.111. The molecule has 0 heterocycles. The summed E-state index contributed by atoms with van der Waals surface area (Å²) < 4.78 is 0. The highest BCUT2D eigenvalue weighted by Crippen LogP contribution is 2.12. The molecule has 1 nitrogen and oxygen atoms in total. The third-order valence-corrected chi connectivity index (χ3v) is 3.58. The van der Waals surface area contributed by atoms with E-state index in [-0.39, 0.29) is 0 Å². The van der Waals surface area contributed by atoms with Gasteiger partial charge in [0.1, 0.15) is 0 Å². The second-order valence-corrected chi connectivity index (χ2v) is 4.97. The van der Waals surface area contributed by atoms with E-state index in [4.69, 9.17) is 12.2 Å². The van der Waals surface area contributed by atoms with Crippen molar-refractivity contribution in [3.63, 3.8) is 0 Å². The van der Waals surface area contributed by atoms with E-state index in [1.807, 2.05) is 67.6 Å². The summed E-state index contributed by atoms with van der Waals surface area (Å²) in [6.45, 7) is 6.60. The maximum absolute atomic E-state index is 5.45. The summed E-state index contributed by atoms with van der Waals surface area (Å²) in [5.74, 6) is 0. The molecule has 0 bridgehead atoms. The van der Waals surface area contributed by atoms with Crippen LogP contribution in [0.2, 0.25) is 0 Å². The Hall–Kier alpha value is -2.06. The van der Waals surface area contributed by atoms with Gasteiger partial charge in [-0.05, 0) is 23.6 Å². The van der Waals surface area contributed by atoms with Crippen molar-refractivity contribution in [2.45, 2.75) is 6.92 Å². The van der Waals surface area contributed by atoms with Crippen molar-refractivity contribution in [2.24, 2.45) is 4.99 Å². The molecule has 0 spiro atoms. The van der Waals surface area contributed by atoms with Gasteiger partial charge in [-0.2, -0.15) is 0 Å². The van der Waals surface area contributed by atoms with Crippen LogP contribution < -0.4 is 0 Å². The van der Waals surface area contributed by atoms with E-state index >= 15 is 0 Å². The maximum atomic E-state index is 5.45. The van der Waals surface area contributed by atoms with E-state index in [9.17, 15) is 0 Å². The van der Waals surface area contributed by atoms with Crippen LogP contribution in [0.4, 0.5) is 0 Å². The fourth-order valence-electron chi connectivity index (χ4n) is 1.85. The van der Waals surface area contributed by atoms with Crippen LogP contribution in [0.1, 0.15) is 18.1 Å². The van der Waals surface area contributed by atoms with E-state index in [2.05, 4.69) is 11.6 Å². The van der Waals surface area contributed by atoms with Gasteiger partial charge >= 0.3 is 0 Å². The van der Waals surface area contributed by atoms with Gasteiger partial charge in [0.25, 0.3) is 0 Å². The quantitative estimate of drug-likeness (QED) is 0.443. The van der Waals surface area contributed by atoms with Crippen molar-refractivity contribution in [2.75, 3.05) is 6.54 Å². The first-order valence-electron chi connectivity index (χ1n) is 6.52. The van der Waals surface area contributed by atoms with Gasteiger partial charge in [0.2, 0.25) is 0 Å². The minimum atomic E-state index is 0.572. The summed E-state index contributed by atoms with van der Waals surface area (Å²) in [7, 11) is 0. The largest absolute Gasteiger partial charge is 0.284 e. The molecule has 0 aliphatic rings. The maximum Gasteiger partial charge on any atom is 0.0657 e. The van der Waals surface area contributed by atoms with Crippen LogP contribution in [0.3, 0.4) is 0 Å². The summed E-state index contributed by atoms with van der Waals surface area (Å²) in [5.41, 5.74) is 4.04. The SMILES string of the molecule is C=C(CN=C(C)C(=S)c1ccccc1)c1ccccc1. The molecule has 0 aliphatic carbocycles. The Morgan fingerprint density at radius 1 is 0.950 bits per heavy atom. The van der Waals surface area contributed by atoms with Gasteiger partial charge in [-0.3, -0.25) is 4.99 Å². The average Bonchev–Trinajstić information content (AvgIpc) is 2.53. The molecule has 0 atom stereocenters. The molecule has 20 heavy (non-hydrogen) atoms. The van der Waals surface area contributed by atoms with Gasteiger partial charge in [0.15, 0.2) is 0 Å². The molecule has 2 heteroatoms. The highest BCUT2D eigenvalue weighted by Gasteiger charge is 2.04. The van der Waals surface area contributed by atoms with Crippen LogP contribution in [0.25, 0.3) is 5.57 Å². The molecule has 0 aliphatic heterocycles. The zero-order valence-electron chi connectivity index (χ0n) is 11.5. The molecule has 0 amide bonds. The first-order chi connectivity index (χ1) is 9.68. The molecule has 0 saturated heterocycles. The van der Waals surface area contributed by atoms with Gasteiger partial charge in [0.05, 0.1) is 17.1 Å². The third-order valence-electron chi connectivity index (χ3n) is 3.05. The van der Waals surface area contributed by atoms with Gasteiger partial charge in [0, 0.05) is 0 Å². The van der Waals surface area contributed by atoms with Crippen molar-refractivity contribution in [1.29, 1.82) is 0 Å². The standard InChI is InChI=1S/C18H17NS/c1-14(16-9-5-3-6-10-16)13-19-15(2)18(20)17-11-7-4-8-12-17/h3-12H,1,13H2,2H3. The normalized spacial score (nSPS) is 11.2. The number of rotatable bonds is 5. The summed E-state index contributed by atoms with van der Waals surface area (Å²) >= 11 is 5.45. The van der Waals surface area contributed by atoms with Gasteiger partial charge in [-0.15, -0.1) is 0 Å². The lowest BCUT2D eigenvalue weighted by molar-refractivity contribution is 1.26. The van der Waals surface area contributed by atoms with Crippen molar-refractivity contribution >= 4 is 28.4 Å². The van der Waals surface area contributed by atoms with Crippen LogP contribution in [-0.4, -0.2) is 17.1 Å². The molecule has 0 radical (unpaired) electrons. The predicted octanol–water partition coefficient (Wildman–Crippen LogP) is 4.58. The number of thiocarbonyl (C=S) groups is 1. The first kappa shape index (κ1) is 14.4. The second-order valence-electron chi connectivity index (χ2n) is 4.57. The van der Waals surface area contributed by atoms with Crippen molar-refractivity contribution in [3.8, 4) is 0 Å². The van der Waals surface area contributed by atoms with Crippen LogP contribution in [0.5, 0.6) is 0 Å². The summed E-state index contributed by atoms with van der Waals surface area (Å²) in [4.78, 5) is 5.35. The Morgan fingerprint density at radius 3 is 2.00 bits per heavy atom. The van der Waals surface area contributed by atoms with Crippen LogP contribution in [0.15, 0.2) is 72.2 Å². The van der Waals surface area contributed by atoms with E-state index in [1.54, 1.807) is 0 Å². The summed E-state index contributed by atoms with van der Waals surface area (Å²) in [6.07, 6.45) is 0. The fourth-order valence-corrected chi connectivity index (χ4v) is 2.05. The zero-order valence-corrected chi connectivity index (χ0v) is 12.4. The van der Waals surface area contributed by atoms with Crippen LogP contribution in [0, 0.1) is 0 Å². The predicted molar refractivity (Wildman–Crippen MR) is 91.6 cm³/mol. The molecule has 0 aromatic heterocycles. The van der Waals surface area contributed by atoms with Gasteiger partial charge < -0.3 is 0 Å². The Kier molecular flexibility index (Phi) is 4.97. The van der Waals surface area contributed by atoms with Crippen molar-refractivity contribution in [1.82, 2.24) is 0 Å². The molecule has 2 aromatic rings. The molecule has 2 aromatic carbocycles. The van der Waals surface area contributed by atoms with E-state index in [0.717, 1.165) is 27.3 Å². The highest BCUT2D eigenvalue weighted by atomic mass is 32.1. The number of hydrogen-bond donors (Lipinski definition) is 0. The lowest BCUT2D eigenvalue weighted by Crippen LogP contribution is -2.09. The smallest absolute Gasteiger partial charge is 0.0657 e. The Morgan fingerprint density at radius 2 is 1.45 bits per heavy atom. The van der Waals surface area contributed by atoms with E-state index < -0.39 is 0 Å². The molecule has 2 rings (SSSR count). The summed E-state index contributed by atoms with van der Waals surface area (Å²) in [6, 6.07) is 20.1. The molecule has 0 N–H and O–H groups in total. The average molecular weight is 279 g/mol. The van der Waals surface area contributed by atoms with Crippen LogP contribution >= 0.6 is 12.2 Å². The Balaban J connectivity index is 2.05. The third kappa shape index (κ3) is 3.72. The second kappa shape index (κ2) is 6.92. The lowest BCUT2D eigenvalue weighted by atomic mass is 10.1. The molecule has 0 saturated carbocycles. The monoisotopic (exact) mass is 279 g/mol. The minimum absolute atomic E-state index is 0.572.